The third-order valence-electron chi connectivity index (χ3n) is 5.55. The molecule has 0 saturated carbocycles. The minimum absolute atomic E-state index is 0.0460. The first-order chi connectivity index (χ1) is 12.8. The van der Waals surface area contributed by atoms with E-state index >= 15 is 0 Å². The molecule has 1 aromatic heterocycles. The molecule has 6 nitrogen and oxygen atoms in total. The van der Waals surface area contributed by atoms with Gasteiger partial charge in [-0.2, -0.15) is 0 Å². The molecule has 2 atom stereocenters. The number of rotatable bonds is 1. The number of carbonyl (C=O) groups excluding carboxylic acids is 1. The van der Waals surface area contributed by atoms with Gasteiger partial charge in [0, 0.05) is 16.6 Å². The number of ether oxygens (including phenoxy) is 3. The minimum Gasteiger partial charge on any atom is -0.454 e. The van der Waals surface area contributed by atoms with Crippen molar-refractivity contribution in [2.45, 2.75) is 18.5 Å². The monoisotopic (exact) mass is 348 g/mol. The van der Waals surface area contributed by atoms with E-state index in [0.717, 1.165) is 34.7 Å². The number of para-hydroxylation sites is 1. The van der Waals surface area contributed by atoms with E-state index in [1.807, 2.05) is 29.2 Å². The van der Waals surface area contributed by atoms with Crippen molar-refractivity contribution in [3.63, 3.8) is 0 Å². The molecule has 6 heteroatoms. The number of H-pyrrole nitrogens is 1. The van der Waals surface area contributed by atoms with Crippen molar-refractivity contribution in [2.75, 3.05) is 13.4 Å². The van der Waals surface area contributed by atoms with Gasteiger partial charge in [-0.1, -0.05) is 24.3 Å². The van der Waals surface area contributed by atoms with E-state index in [-0.39, 0.29) is 25.0 Å². The average Bonchev–Trinajstić information content (AvgIpc) is 3.37. The van der Waals surface area contributed by atoms with E-state index in [4.69, 9.17) is 14.2 Å². The van der Waals surface area contributed by atoms with E-state index in [0.29, 0.717) is 6.61 Å². The summed E-state index contributed by atoms with van der Waals surface area (Å²) < 4.78 is 16.4. The zero-order valence-corrected chi connectivity index (χ0v) is 13.9. The predicted molar refractivity (Wildman–Crippen MR) is 93.4 cm³/mol. The minimum atomic E-state index is -0.262. The second-order valence-corrected chi connectivity index (χ2v) is 6.92. The molecule has 0 bridgehead atoms. The Balaban J connectivity index is 1.58. The van der Waals surface area contributed by atoms with Gasteiger partial charge in [0.15, 0.2) is 11.5 Å². The zero-order chi connectivity index (χ0) is 17.3. The van der Waals surface area contributed by atoms with Crippen LogP contribution in [0.5, 0.6) is 11.5 Å². The van der Waals surface area contributed by atoms with Crippen molar-refractivity contribution in [2.24, 2.45) is 0 Å². The maximum Gasteiger partial charge on any atom is 0.411 e. The number of carbonyl (C=O) groups is 1. The smallest absolute Gasteiger partial charge is 0.411 e. The number of benzene rings is 2. The van der Waals surface area contributed by atoms with Gasteiger partial charge in [0.2, 0.25) is 6.79 Å². The van der Waals surface area contributed by atoms with Crippen molar-refractivity contribution in [3.05, 3.63) is 59.3 Å². The summed E-state index contributed by atoms with van der Waals surface area (Å²) in [5, 5.41) is 1.22. The normalized spacial score (nSPS) is 23.1. The molecular weight excluding hydrogens is 332 g/mol. The van der Waals surface area contributed by atoms with Gasteiger partial charge in [-0.05, 0) is 35.7 Å². The van der Waals surface area contributed by atoms with Crippen LogP contribution in [0.1, 0.15) is 22.9 Å². The molecule has 4 heterocycles. The molecule has 0 aliphatic carbocycles. The topological polar surface area (TPSA) is 63.8 Å². The van der Waals surface area contributed by atoms with Gasteiger partial charge in [0.25, 0.3) is 0 Å². The predicted octanol–water partition coefficient (Wildman–Crippen LogP) is 3.36. The molecule has 2 aromatic carbocycles. The summed E-state index contributed by atoms with van der Waals surface area (Å²) in [7, 11) is 0. The second-order valence-electron chi connectivity index (χ2n) is 6.92. The van der Waals surface area contributed by atoms with Crippen LogP contribution in [0.3, 0.4) is 0 Å². The van der Waals surface area contributed by atoms with Gasteiger partial charge in [-0.15, -0.1) is 0 Å². The van der Waals surface area contributed by atoms with Gasteiger partial charge in [-0.25, -0.2) is 4.79 Å². The Kier molecular flexibility index (Phi) is 2.67. The van der Waals surface area contributed by atoms with E-state index in [9.17, 15) is 4.79 Å². The number of hydrogen-bond donors (Lipinski definition) is 1. The van der Waals surface area contributed by atoms with Crippen LogP contribution >= 0.6 is 0 Å². The van der Waals surface area contributed by atoms with Crippen LogP contribution in [-0.2, 0) is 11.2 Å². The van der Waals surface area contributed by atoms with Gasteiger partial charge >= 0.3 is 6.09 Å². The quantitative estimate of drug-likeness (QED) is 0.732. The van der Waals surface area contributed by atoms with Crippen molar-refractivity contribution < 1.29 is 19.0 Å². The second kappa shape index (κ2) is 4.94. The molecule has 3 aliphatic rings. The molecule has 1 N–H and O–H groups in total. The van der Waals surface area contributed by atoms with Crippen LogP contribution in [0.2, 0.25) is 0 Å². The number of amides is 1. The van der Waals surface area contributed by atoms with Crippen LogP contribution in [0.4, 0.5) is 4.79 Å². The summed E-state index contributed by atoms with van der Waals surface area (Å²) in [6.07, 6.45) is 0.536. The molecule has 1 amide bonds. The van der Waals surface area contributed by atoms with E-state index in [1.54, 1.807) is 0 Å². The van der Waals surface area contributed by atoms with Crippen molar-refractivity contribution in [1.29, 1.82) is 0 Å². The fraction of sp³-hybridized carbons (Fsp3) is 0.250. The highest BCUT2D eigenvalue weighted by Crippen LogP contribution is 2.45. The average molecular weight is 348 g/mol. The van der Waals surface area contributed by atoms with Crippen LogP contribution in [0, 0.1) is 0 Å². The fourth-order valence-corrected chi connectivity index (χ4v) is 4.40. The fourth-order valence-electron chi connectivity index (χ4n) is 4.40. The third-order valence-corrected chi connectivity index (χ3v) is 5.55. The van der Waals surface area contributed by atoms with Crippen LogP contribution < -0.4 is 9.47 Å². The molecule has 3 aliphatic heterocycles. The summed E-state index contributed by atoms with van der Waals surface area (Å²) in [6, 6.07) is 14.0. The largest absolute Gasteiger partial charge is 0.454 e. The van der Waals surface area contributed by atoms with Crippen molar-refractivity contribution in [1.82, 2.24) is 9.88 Å². The Morgan fingerprint density at radius 1 is 1.04 bits per heavy atom. The number of cyclic esters (lactones) is 1. The molecule has 2 unspecified atom stereocenters. The Morgan fingerprint density at radius 2 is 1.92 bits per heavy atom. The molecule has 3 aromatic rings. The molecule has 26 heavy (non-hydrogen) atoms. The maximum absolute atomic E-state index is 12.5. The zero-order valence-electron chi connectivity index (χ0n) is 13.9. The Labute approximate surface area is 149 Å². The Bertz CT molecular complexity index is 1060. The first-order valence-corrected chi connectivity index (χ1v) is 8.74. The van der Waals surface area contributed by atoms with Gasteiger partial charge < -0.3 is 19.2 Å². The molecule has 1 saturated heterocycles. The number of hydrogen-bond acceptors (Lipinski definition) is 4. The SMILES string of the molecule is O=C1OCC2Cc3c([nH]c4ccccc34)C(c3ccc4c(c3)OCO4)N12. The maximum atomic E-state index is 12.5. The standard InChI is InChI=1S/C20H16N2O4/c23-20-22-12(9-24-20)8-14-13-3-1-2-4-15(13)21-18(14)19(22)11-5-6-16-17(7-11)26-10-25-16/h1-7,12,19,21H,8-10H2. The third kappa shape index (κ3) is 1.78. The lowest BCUT2D eigenvalue weighted by Crippen LogP contribution is -2.42. The summed E-state index contributed by atoms with van der Waals surface area (Å²) in [5.41, 5.74) is 4.41. The highest BCUT2D eigenvalue weighted by Gasteiger charge is 2.45. The molecular formula is C20H16N2O4. The van der Waals surface area contributed by atoms with Crippen LogP contribution in [0.15, 0.2) is 42.5 Å². The number of nitrogens with zero attached hydrogens (tertiary/aromatic N) is 1. The highest BCUT2D eigenvalue weighted by molar-refractivity contribution is 5.86. The Hall–Kier alpha value is -3.15. The molecule has 1 fully saturated rings. The van der Waals surface area contributed by atoms with Crippen molar-refractivity contribution in [3.8, 4) is 11.5 Å². The summed E-state index contributed by atoms with van der Waals surface area (Å²) >= 11 is 0. The summed E-state index contributed by atoms with van der Waals surface area (Å²) in [5.74, 6) is 1.46. The number of aromatic nitrogens is 1. The summed E-state index contributed by atoms with van der Waals surface area (Å²) in [6.45, 7) is 0.661. The highest BCUT2D eigenvalue weighted by atomic mass is 16.7. The Morgan fingerprint density at radius 3 is 2.88 bits per heavy atom. The lowest BCUT2D eigenvalue weighted by Gasteiger charge is -2.35. The number of nitrogens with one attached hydrogen (secondary N) is 1. The lowest BCUT2D eigenvalue weighted by molar-refractivity contribution is 0.147. The lowest BCUT2D eigenvalue weighted by atomic mass is 9.89. The summed E-state index contributed by atoms with van der Waals surface area (Å²) in [4.78, 5) is 17.9. The van der Waals surface area contributed by atoms with E-state index in [1.165, 1.54) is 10.9 Å². The van der Waals surface area contributed by atoms with E-state index < -0.39 is 0 Å². The molecule has 6 rings (SSSR count). The van der Waals surface area contributed by atoms with Gasteiger partial charge in [0.1, 0.15) is 12.6 Å². The van der Waals surface area contributed by atoms with E-state index in [2.05, 4.69) is 23.2 Å². The molecule has 130 valence electrons. The number of fused-ring (bicyclic) bond motifs is 5. The van der Waals surface area contributed by atoms with Gasteiger partial charge in [-0.3, -0.25) is 4.90 Å². The number of aromatic amines is 1. The van der Waals surface area contributed by atoms with Crippen molar-refractivity contribution >= 4 is 17.0 Å². The van der Waals surface area contributed by atoms with Crippen LogP contribution in [0.25, 0.3) is 10.9 Å². The first kappa shape index (κ1) is 14.1. The first-order valence-electron chi connectivity index (χ1n) is 8.74. The van der Waals surface area contributed by atoms with Crippen LogP contribution in [-0.4, -0.2) is 35.4 Å². The molecule has 0 spiro atoms. The van der Waals surface area contributed by atoms with Gasteiger partial charge in [0.05, 0.1) is 6.04 Å². The molecule has 0 radical (unpaired) electrons.